The Balaban J connectivity index is 2.28. The Morgan fingerprint density at radius 1 is 1.44 bits per heavy atom. The molecule has 96 valence electrons. The van der Waals surface area contributed by atoms with E-state index in [2.05, 4.69) is 20.2 Å². The second-order valence-electron chi connectivity index (χ2n) is 3.58. The molecule has 0 saturated heterocycles. The zero-order chi connectivity index (χ0) is 13.2. The fourth-order valence-corrected chi connectivity index (χ4v) is 1.71. The van der Waals surface area contributed by atoms with E-state index in [1.807, 2.05) is 0 Å². The van der Waals surface area contributed by atoms with Crippen molar-refractivity contribution >= 4 is 10.0 Å². The maximum absolute atomic E-state index is 13.1. The Hall–Kier alpha value is -1.87. The summed E-state index contributed by atoms with van der Waals surface area (Å²) in [5.41, 5.74) is 0.422. The third-order valence-corrected chi connectivity index (χ3v) is 2.75. The normalized spacial score (nSPS) is 11.7. The molecule has 1 N–H and O–H groups in total. The molecule has 0 saturated carbocycles. The fraction of sp³-hybridized carbons (Fsp3) is 0.222. The van der Waals surface area contributed by atoms with Crippen LogP contribution < -0.4 is 4.72 Å². The molecule has 0 radical (unpaired) electrons. The van der Waals surface area contributed by atoms with Gasteiger partial charge in [-0.3, -0.25) is 0 Å². The number of aromatic nitrogens is 4. The fourth-order valence-electron chi connectivity index (χ4n) is 1.32. The molecule has 1 heterocycles. The average Bonchev–Trinajstić information content (AvgIpc) is 2.73. The van der Waals surface area contributed by atoms with Gasteiger partial charge in [-0.2, -0.15) is 4.68 Å². The number of nitrogens with one attached hydrogen (secondary N) is 1. The van der Waals surface area contributed by atoms with Crippen molar-refractivity contribution in [2.45, 2.75) is 6.54 Å². The second kappa shape index (κ2) is 4.78. The Kier molecular flexibility index (Phi) is 3.34. The summed E-state index contributed by atoms with van der Waals surface area (Å²) in [6.45, 7) is -0.0671. The third kappa shape index (κ3) is 3.08. The number of rotatable bonds is 4. The zero-order valence-electron chi connectivity index (χ0n) is 9.41. The summed E-state index contributed by atoms with van der Waals surface area (Å²) >= 11 is 0. The highest BCUT2D eigenvalue weighted by Crippen LogP contribution is 2.09. The minimum atomic E-state index is -3.34. The van der Waals surface area contributed by atoms with E-state index in [9.17, 15) is 12.8 Å². The van der Waals surface area contributed by atoms with Gasteiger partial charge in [0.2, 0.25) is 10.0 Å². The van der Waals surface area contributed by atoms with Gasteiger partial charge in [-0.1, -0.05) is 6.07 Å². The van der Waals surface area contributed by atoms with E-state index in [0.29, 0.717) is 5.69 Å². The summed E-state index contributed by atoms with van der Waals surface area (Å²) in [5.74, 6) is -0.156. The second-order valence-corrected chi connectivity index (χ2v) is 5.41. The van der Waals surface area contributed by atoms with Crippen LogP contribution in [0.15, 0.2) is 24.3 Å². The highest BCUT2D eigenvalue weighted by atomic mass is 32.2. The van der Waals surface area contributed by atoms with Crippen LogP contribution >= 0.6 is 0 Å². The predicted molar refractivity (Wildman–Crippen MR) is 60.8 cm³/mol. The number of halogens is 1. The predicted octanol–water partition coefficient (Wildman–Crippen LogP) is -0.149. The van der Waals surface area contributed by atoms with E-state index < -0.39 is 15.8 Å². The average molecular weight is 271 g/mol. The first-order valence-corrected chi connectivity index (χ1v) is 6.83. The monoisotopic (exact) mass is 271 g/mol. The Morgan fingerprint density at radius 2 is 2.22 bits per heavy atom. The first-order chi connectivity index (χ1) is 8.46. The van der Waals surface area contributed by atoms with Gasteiger partial charge in [0.1, 0.15) is 5.82 Å². The highest BCUT2D eigenvalue weighted by molar-refractivity contribution is 7.88. The number of nitrogens with zero attached hydrogens (tertiary/aromatic N) is 4. The first kappa shape index (κ1) is 12.6. The van der Waals surface area contributed by atoms with Crippen LogP contribution in [-0.2, 0) is 16.6 Å². The molecule has 7 nitrogen and oxygen atoms in total. The molecule has 9 heteroatoms. The van der Waals surface area contributed by atoms with Crippen LogP contribution in [0.3, 0.4) is 0 Å². The molecule has 0 bridgehead atoms. The van der Waals surface area contributed by atoms with Gasteiger partial charge in [-0.25, -0.2) is 17.5 Å². The van der Waals surface area contributed by atoms with Gasteiger partial charge >= 0.3 is 0 Å². The molecular weight excluding hydrogens is 261 g/mol. The van der Waals surface area contributed by atoms with Crippen molar-refractivity contribution in [3.05, 3.63) is 35.9 Å². The van der Waals surface area contributed by atoms with E-state index in [-0.39, 0.29) is 12.4 Å². The van der Waals surface area contributed by atoms with Gasteiger partial charge in [-0.15, -0.1) is 5.10 Å². The molecule has 1 aromatic carbocycles. The molecule has 0 unspecified atom stereocenters. The number of hydrogen-bond donors (Lipinski definition) is 1. The van der Waals surface area contributed by atoms with E-state index >= 15 is 0 Å². The van der Waals surface area contributed by atoms with Crippen LogP contribution in [0.2, 0.25) is 0 Å². The number of tetrazole rings is 1. The van der Waals surface area contributed by atoms with E-state index in [1.54, 1.807) is 6.07 Å². The van der Waals surface area contributed by atoms with Crippen LogP contribution in [-0.4, -0.2) is 34.9 Å². The van der Waals surface area contributed by atoms with Gasteiger partial charge in [0.05, 0.1) is 18.5 Å². The number of benzene rings is 1. The quantitative estimate of drug-likeness (QED) is 0.835. The lowest BCUT2D eigenvalue weighted by molar-refractivity contribution is 0.583. The van der Waals surface area contributed by atoms with E-state index in [1.165, 1.54) is 22.9 Å². The topological polar surface area (TPSA) is 89.8 Å². The zero-order valence-corrected chi connectivity index (χ0v) is 10.2. The summed E-state index contributed by atoms with van der Waals surface area (Å²) in [6, 6.07) is 5.67. The van der Waals surface area contributed by atoms with Crippen LogP contribution in [0, 0.1) is 5.82 Å². The minimum absolute atomic E-state index is 0.0671. The number of sulfonamides is 1. The minimum Gasteiger partial charge on any atom is -0.213 e. The molecule has 0 amide bonds. The molecule has 2 rings (SSSR count). The van der Waals surface area contributed by atoms with Gasteiger partial charge in [-0.05, 0) is 28.6 Å². The van der Waals surface area contributed by atoms with Crippen LogP contribution in [0.1, 0.15) is 5.82 Å². The van der Waals surface area contributed by atoms with Crippen molar-refractivity contribution in [2.24, 2.45) is 0 Å². The van der Waals surface area contributed by atoms with E-state index in [4.69, 9.17) is 0 Å². The lowest BCUT2D eigenvalue weighted by Crippen LogP contribution is -2.23. The lowest BCUT2D eigenvalue weighted by atomic mass is 10.3. The van der Waals surface area contributed by atoms with Crippen LogP contribution in [0.25, 0.3) is 5.69 Å². The van der Waals surface area contributed by atoms with Crippen molar-refractivity contribution in [3.8, 4) is 5.69 Å². The summed E-state index contributed by atoms with van der Waals surface area (Å²) in [6.07, 6.45) is 1.03. The molecule has 0 fully saturated rings. The van der Waals surface area contributed by atoms with Crippen molar-refractivity contribution in [3.63, 3.8) is 0 Å². The first-order valence-electron chi connectivity index (χ1n) is 4.93. The van der Waals surface area contributed by atoms with Crippen molar-refractivity contribution in [1.82, 2.24) is 24.9 Å². The summed E-state index contributed by atoms with van der Waals surface area (Å²) in [5, 5.41) is 10.8. The van der Waals surface area contributed by atoms with Crippen molar-refractivity contribution in [1.29, 1.82) is 0 Å². The van der Waals surface area contributed by atoms with Gasteiger partial charge < -0.3 is 0 Å². The van der Waals surface area contributed by atoms with Crippen molar-refractivity contribution < 1.29 is 12.8 Å². The SMILES string of the molecule is CS(=O)(=O)NCc1nnnn1-c1cccc(F)c1. The van der Waals surface area contributed by atoms with Crippen LogP contribution in [0.4, 0.5) is 4.39 Å². The third-order valence-electron chi connectivity index (χ3n) is 2.08. The highest BCUT2D eigenvalue weighted by Gasteiger charge is 2.10. The summed E-state index contributed by atoms with van der Waals surface area (Å²) in [4.78, 5) is 0. The maximum Gasteiger partial charge on any atom is 0.209 e. The van der Waals surface area contributed by atoms with E-state index in [0.717, 1.165) is 6.26 Å². The van der Waals surface area contributed by atoms with Crippen LogP contribution in [0.5, 0.6) is 0 Å². The molecule has 0 aliphatic carbocycles. The van der Waals surface area contributed by atoms with Gasteiger partial charge in [0.25, 0.3) is 0 Å². The Morgan fingerprint density at radius 3 is 2.89 bits per heavy atom. The Bertz CT molecular complexity index is 654. The van der Waals surface area contributed by atoms with Crippen molar-refractivity contribution in [2.75, 3.05) is 6.26 Å². The lowest BCUT2D eigenvalue weighted by Gasteiger charge is -2.04. The summed E-state index contributed by atoms with van der Waals surface area (Å²) < 4.78 is 38.6. The van der Waals surface area contributed by atoms with Gasteiger partial charge in [0, 0.05) is 0 Å². The molecule has 0 spiro atoms. The standard InChI is InChI=1S/C9H10FN5O2S/c1-18(16,17)11-6-9-12-13-14-15(9)8-4-2-3-7(10)5-8/h2-5,11H,6H2,1H3. The molecular formula is C9H10FN5O2S. The molecule has 0 aliphatic rings. The molecule has 1 aromatic heterocycles. The van der Waals surface area contributed by atoms with Gasteiger partial charge in [0.15, 0.2) is 5.82 Å². The molecule has 0 atom stereocenters. The largest absolute Gasteiger partial charge is 0.213 e. The molecule has 0 aliphatic heterocycles. The maximum atomic E-state index is 13.1. The summed E-state index contributed by atoms with van der Waals surface area (Å²) in [7, 11) is -3.34. The molecule has 2 aromatic rings. The number of hydrogen-bond acceptors (Lipinski definition) is 5. The Labute approximate surface area is 103 Å². The molecule has 18 heavy (non-hydrogen) atoms. The smallest absolute Gasteiger partial charge is 0.209 e.